The third-order valence-corrected chi connectivity index (χ3v) is 2.65. The molecular weight excluding hydrogens is 265 g/mol. The lowest BCUT2D eigenvalue weighted by Gasteiger charge is -2.14. The first kappa shape index (κ1) is 16.8. The molecule has 3 N–H and O–H groups in total. The normalized spacial score (nSPS) is 14.1. The summed E-state index contributed by atoms with van der Waals surface area (Å²) in [5, 5.41) is 9.61. The Morgan fingerprint density at radius 1 is 1.30 bits per heavy atom. The van der Waals surface area contributed by atoms with Gasteiger partial charge in [0, 0.05) is 13.2 Å². The van der Waals surface area contributed by atoms with Crippen LogP contribution in [0.15, 0.2) is 18.2 Å². The predicted octanol–water partition coefficient (Wildman–Crippen LogP) is 1.25. The lowest BCUT2D eigenvalue weighted by molar-refractivity contribution is -0.00469. The van der Waals surface area contributed by atoms with Crippen LogP contribution in [0.2, 0.25) is 0 Å². The average molecular weight is 287 g/mol. The fourth-order valence-electron chi connectivity index (χ4n) is 1.51. The first-order valence-corrected chi connectivity index (χ1v) is 6.47. The molecule has 20 heavy (non-hydrogen) atoms. The molecule has 0 saturated heterocycles. The second kappa shape index (κ2) is 8.86. The van der Waals surface area contributed by atoms with Gasteiger partial charge in [0.1, 0.15) is 12.7 Å². The van der Waals surface area contributed by atoms with E-state index in [1.165, 1.54) is 12.1 Å². The van der Waals surface area contributed by atoms with Crippen LogP contribution in [0.1, 0.15) is 18.5 Å². The summed E-state index contributed by atoms with van der Waals surface area (Å²) in [5.41, 5.74) is 6.35. The van der Waals surface area contributed by atoms with Gasteiger partial charge in [-0.25, -0.2) is 4.39 Å². The molecule has 0 aliphatic heterocycles. The van der Waals surface area contributed by atoms with Crippen LogP contribution in [0.4, 0.5) is 4.39 Å². The van der Waals surface area contributed by atoms with E-state index < -0.39 is 11.9 Å². The summed E-state index contributed by atoms with van der Waals surface area (Å²) in [5.74, 6) is -0.405. The zero-order valence-electron chi connectivity index (χ0n) is 11.8. The summed E-state index contributed by atoms with van der Waals surface area (Å²) in [6.07, 6.45) is -0.820. The summed E-state index contributed by atoms with van der Waals surface area (Å²) < 4.78 is 28.9. The van der Waals surface area contributed by atoms with Gasteiger partial charge in [-0.2, -0.15) is 0 Å². The van der Waals surface area contributed by atoms with Crippen molar-refractivity contribution < 1.29 is 23.7 Å². The Balaban J connectivity index is 2.37. The number of ether oxygens (including phenoxy) is 3. The molecule has 2 atom stereocenters. The van der Waals surface area contributed by atoms with Crippen LogP contribution in [-0.2, 0) is 9.47 Å². The van der Waals surface area contributed by atoms with E-state index in [1.54, 1.807) is 20.1 Å². The number of aliphatic hydroxyl groups excluding tert-OH is 1. The van der Waals surface area contributed by atoms with E-state index in [-0.39, 0.29) is 25.0 Å². The maximum absolute atomic E-state index is 13.7. The Morgan fingerprint density at radius 2 is 2.05 bits per heavy atom. The number of hydrogen-bond donors (Lipinski definition) is 2. The molecule has 5 nitrogen and oxygen atoms in total. The second-order valence-corrected chi connectivity index (χ2v) is 4.51. The maximum atomic E-state index is 13.7. The van der Waals surface area contributed by atoms with Crippen molar-refractivity contribution >= 4 is 0 Å². The monoisotopic (exact) mass is 287 g/mol. The van der Waals surface area contributed by atoms with Crippen LogP contribution in [0.5, 0.6) is 5.75 Å². The zero-order chi connectivity index (χ0) is 15.0. The smallest absolute Gasteiger partial charge is 0.165 e. The number of halogens is 1. The molecule has 114 valence electrons. The zero-order valence-corrected chi connectivity index (χ0v) is 11.8. The van der Waals surface area contributed by atoms with Crippen molar-refractivity contribution in [2.45, 2.75) is 19.1 Å². The van der Waals surface area contributed by atoms with Gasteiger partial charge in [-0.05, 0) is 24.6 Å². The van der Waals surface area contributed by atoms with Crippen molar-refractivity contribution in [2.24, 2.45) is 5.73 Å². The minimum atomic E-state index is -0.820. The molecule has 0 spiro atoms. The SMILES string of the molecule is COCCOCC(O)COc1ccc(C(C)N)cc1F. The summed E-state index contributed by atoms with van der Waals surface area (Å²) in [7, 11) is 1.57. The van der Waals surface area contributed by atoms with Gasteiger partial charge >= 0.3 is 0 Å². The molecule has 0 saturated carbocycles. The number of nitrogens with two attached hydrogens (primary N) is 1. The molecule has 0 heterocycles. The number of aliphatic hydroxyl groups is 1. The lowest BCUT2D eigenvalue weighted by Crippen LogP contribution is -2.24. The van der Waals surface area contributed by atoms with Crippen LogP contribution in [0.25, 0.3) is 0 Å². The molecule has 1 aromatic carbocycles. The minimum Gasteiger partial charge on any atom is -0.488 e. The van der Waals surface area contributed by atoms with Crippen molar-refractivity contribution in [3.05, 3.63) is 29.6 Å². The molecule has 6 heteroatoms. The van der Waals surface area contributed by atoms with Crippen LogP contribution in [-0.4, -0.2) is 44.7 Å². The van der Waals surface area contributed by atoms with Gasteiger partial charge in [0.15, 0.2) is 11.6 Å². The van der Waals surface area contributed by atoms with E-state index in [0.717, 1.165) is 0 Å². The fraction of sp³-hybridized carbons (Fsp3) is 0.571. The van der Waals surface area contributed by atoms with Gasteiger partial charge in [0.05, 0.1) is 19.8 Å². The van der Waals surface area contributed by atoms with Crippen molar-refractivity contribution in [1.82, 2.24) is 0 Å². The van der Waals surface area contributed by atoms with Crippen LogP contribution in [0.3, 0.4) is 0 Å². The quantitative estimate of drug-likeness (QED) is 0.669. The Hall–Kier alpha value is -1.21. The highest BCUT2D eigenvalue weighted by atomic mass is 19.1. The summed E-state index contributed by atoms with van der Waals surface area (Å²) >= 11 is 0. The number of benzene rings is 1. The molecule has 2 unspecified atom stereocenters. The molecular formula is C14H22FNO4. The predicted molar refractivity (Wildman–Crippen MR) is 73.2 cm³/mol. The van der Waals surface area contributed by atoms with E-state index in [2.05, 4.69) is 0 Å². The molecule has 1 rings (SSSR count). The van der Waals surface area contributed by atoms with E-state index in [9.17, 15) is 9.50 Å². The van der Waals surface area contributed by atoms with Gasteiger partial charge < -0.3 is 25.1 Å². The molecule has 0 fully saturated rings. The first-order valence-electron chi connectivity index (χ1n) is 6.47. The van der Waals surface area contributed by atoms with Crippen molar-refractivity contribution in [1.29, 1.82) is 0 Å². The van der Waals surface area contributed by atoms with E-state index in [1.807, 2.05) is 0 Å². The first-order chi connectivity index (χ1) is 9.54. The Kier molecular flexibility index (Phi) is 7.46. The van der Waals surface area contributed by atoms with Crippen molar-refractivity contribution in [3.8, 4) is 5.75 Å². The Labute approximate surface area is 118 Å². The van der Waals surface area contributed by atoms with E-state index in [0.29, 0.717) is 18.8 Å². The largest absolute Gasteiger partial charge is 0.488 e. The van der Waals surface area contributed by atoms with Gasteiger partial charge in [0.25, 0.3) is 0 Å². The van der Waals surface area contributed by atoms with Crippen molar-refractivity contribution in [3.63, 3.8) is 0 Å². The summed E-state index contributed by atoms with van der Waals surface area (Å²) in [6.45, 7) is 2.70. The number of methoxy groups -OCH3 is 1. The molecule has 0 bridgehead atoms. The van der Waals surface area contributed by atoms with Crippen LogP contribution in [0, 0.1) is 5.82 Å². The third-order valence-electron chi connectivity index (χ3n) is 2.65. The Morgan fingerprint density at radius 3 is 2.65 bits per heavy atom. The van der Waals surface area contributed by atoms with E-state index in [4.69, 9.17) is 19.9 Å². The topological polar surface area (TPSA) is 73.9 Å². The maximum Gasteiger partial charge on any atom is 0.165 e. The summed E-state index contributed by atoms with van der Waals surface area (Å²) in [4.78, 5) is 0. The van der Waals surface area contributed by atoms with Gasteiger partial charge in [-0.3, -0.25) is 0 Å². The molecule has 0 aliphatic rings. The van der Waals surface area contributed by atoms with Gasteiger partial charge in [-0.1, -0.05) is 6.07 Å². The van der Waals surface area contributed by atoms with Crippen LogP contribution >= 0.6 is 0 Å². The minimum absolute atomic E-state index is 0.0403. The Bertz CT molecular complexity index is 401. The lowest BCUT2D eigenvalue weighted by atomic mass is 10.1. The number of rotatable bonds is 9. The highest BCUT2D eigenvalue weighted by Gasteiger charge is 2.10. The molecule has 0 aromatic heterocycles. The molecule has 0 aliphatic carbocycles. The molecule has 0 radical (unpaired) electrons. The highest BCUT2D eigenvalue weighted by molar-refractivity contribution is 5.30. The summed E-state index contributed by atoms with van der Waals surface area (Å²) in [6, 6.07) is 4.30. The van der Waals surface area contributed by atoms with Crippen LogP contribution < -0.4 is 10.5 Å². The second-order valence-electron chi connectivity index (χ2n) is 4.51. The highest BCUT2D eigenvalue weighted by Crippen LogP contribution is 2.21. The molecule has 0 amide bonds. The van der Waals surface area contributed by atoms with E-state index >= 15 is 0 Å². The standard InChI is InChI=1S/C14H22FNO4/c1-10(16)11-3-4-14(13(15)7-11)20-9-12(17)8-19-6-5-18-2/h3-4,7,10,12,17H,5-6,8-9,16H2,1-2H3. The third kappa shape index (κ3) is 5.83. The molecule has 1 aromatic rings. The number of hydrogen-bond acceptors (Lipinski definition) is 5. The average Bonchev–Trinajstić information content (AvgIpc) is 2.42. The fourth-order valence-corrected chi connectivity index (χ4v) is 1.51. The van der Waals surface area contributed by atoms with Crippen molar-refractivity contribution in [2.75, 3.05) is 33.5 Å². The van der Waals surface area contributed by atoms with Gasteiger partial charge in [0.2, 0.25) is 0 Å². The van der Waals surface area contributed by atoms with Gasteiger partial charge in [-0.15, -0.1) is 0 Å².